The predicted molar refractivity (Wildman–Crippen MR) is 62.2 cm³/mol. The highest BCUT2D eigenvalue weighted by atomic mass is 16.4. The third-order valence-corrected chi connectivity index (χ3v) is 3.66. The molecule has 1 saturated carbocycles. The van der Waals surface area contributed by atoms with Crippen molar-refractivity contribution in [2.75, 3.05) is 0 Å². The Morgan fingerprint density at radius 3 is 2.31 bits per heavy atom. The predicted octanol–water partition coefficient (Wildman–Crippen LogP) is 1.21. The van der Waals surface area contributed by atoms with Crippen molar-refractivity contribution in [3.8, 4) is 0 Å². The molecule has 4 N–H and O–H groups in total. The fraction of sp³-hybridized carbons (Fsp3) is 0.818. The second-order valence-corrected chi connectivity index (χ2v) is 4.79. The van der Waals surface area contributed by atoms with E-state index in [9.17, 15) is 4.79 Å². The number of carbonyl (C=O) groups is 1. The minimum Gasteiger partial charge on any atom is -0.409 e. The van der Waals surface area contributed by atoms with Gasteiger partial charge in [0.2, 0.25) is 5.91 Å². The number of amidine groups is 1. The number of carbonyl (C=O) groups excluding carboxylic acids is 1. The van der Waals surface area contributed by atoms with Gasteiger partial charge in [0.1, 0.15) is 5.41 Å². The van der Waals surface area contributed by atoms with Crippen LogP contribution in [0, 0.1) is 5.41 Å². The molecule has 0 aromatic heterocycles. The van der Waals surface area contributed by atoms with Gasteiger partial charge in [0.05, 0.1) is 0 Å². The lowest BCUT2D eigenvalue weighted by molar-refractivity contribution is -0.128. The average Bonchev–Trinajstić information content (AvgIpc) is 2.98. The highest BCUT2D eigenvalue weighted by molar-refractivity contribution is 6.06. The first-order chi connectivity index (χ1) is 7.44. The molecule has 1 aliphatic rings. The summed E-state index contributed by atoms with van der Waals surface area (Å²) in [7, 11) is 0. The van der Waals surface area contributed by atoms with Gasteiger partial charge < -0.3 is 16.3 Å². The van der Waals surface area contributed by atoms with Crippen molar-refractivity contribution in [3.63, 3.8) is 0 Å². The van der Waals surface area contributed by atoms with Gasteiger partial charge in [-0.2, -0.15) is 0 Å². The van der Waals surface area contributed by atoms with Crippen LogP contribution in [-0.4, -0.2) is 22.5 Å². The van der Waals surface area contributed by atoms with Crippen LogP contribution < -0.4 is 11.1 Å². The minimum atomic E-state index is -0.875. The first kappa shape index (κ1) is 12.8. The van der Waals surface area contributed by atoms with Gasteiger partial charge in [-0.05, 0) is 32.6 Å². The molecule has 0 aliphatic heterocycles. The highest BCUT2D eigenvalue weighted by Crippen LogP contribution is 2.37. The molecule has 0 heterocycles. The van der Waals surface area contributed by atoms with E-state index in [-0.39, 0.29) is 17.3 Å². The Kier molecular flexibility index (Phi) is 3.45. The summed E-state index contributed by atoms with van der Waals surface area (Å²) < 4.78 is 0. The molecule has 0 unspecified atom stereocenters. The van der Waals surface area contributed by atoms with Crippen LogP contribution in [0.1, 0.15) is 46.5 Å². The molecule has 0 bridgehead atoms. The van der Waals surface area contributed by atoms with Crippen LogP contribution >= 0.6 is 0 Å². The SMILES string of the molecule is CCC(CC)(C(=O)NC1(C)CC1)C(N)=NO. The zero-order valence-electron chi connectivity index (χ0n) is 10.2. The smallest absolute Gasteiger partial charge is 0.234 e. The van der Waals surface area contributed by atoms with Gasteiger partial charge in [0.15, 0.2) is 5.84 Å². The maximum atomic E-state index is 12.2. The second-order valence-electron chi connectivity index (χ2n) is 4.79. The fourth-order valence-electron chi connectivity index (χ4n) is 1.85. The van der Waals surface area contributed by atoms with Crippen molar-refractivity contribution in [2.24, 2.45) is 16.3 Å². The van der Waals surface area contributed by atoms with E-state index in [1.807, 2.05) is 20.8 Å². The van der Waals surface area contributed by atoms with Crippen LogP contribution in [0.3, 0.4) is 0 Å². The maximum absolute atomic E-state index is 12.2. The number of rotatable bonds is 5. The van der Waals surface area contributed by atoms with E-state index in [2.05, 4.69) is 10.5 Å². The van der Waals surface area contributed by atoms with E-state index in [1.54, 1.807) is 0 Å². The summed E-state index contributed by atoms with van der Waals surface area (Å²) in [5.74, 6) is -0.132. The van der Waals surface area contributed by atoms with Gasteiger partial charge in [-0.15, -0.1) is 0 Å². The van der Waals surface area contributed by atoms with Crippen LogP contribution in [-0.2, 0) is 4.79 Å². The minimum absolute atomic E-state index is 0.000694. The molecule has 1 fully saturated rings. The second kappa shape index (κ2) is 4.31. The Labute approximate surface area is 96.1 Å². The Bertz CT molecular complexity index is 304. The molecule has 1 aliphatic carbocycles. The molecule has 1 amide bonds. The van der Waals surface area contributed by atoms with Gasteiger partial charge in [0, 0.05) is 5.54 Å². The number of hydrogen-bond donors (Lipinski definition) is 3. The maximum Gasteiger partial charge on any atom is 0.234 e. The van der Waals surface area contributed by atoms with Crippen molar-refractivity contribution in [2.45, 2.75) is 52.0 Å². The van der Waals surface area contributed by atoms with Gasteiger partial charge >= 0.3 is 0 Å². The standard InChI is InChI=1S/C11H21N3O2/c1-4-11(5-2,8(12)14-16)9(15)13-10(3)6-7-10/h16H,4-7H2,1-3H3,(H2,12,14)(H,13,15). The van der Waals surface area contributed by atoms with Crippen molar-refractivity contribution < 1.29 is 10.0 Å². The van der Waals surface area contributed by atoms with Crippen LogP contribution in [0.5, 0.6) is 0 Å². The first-order valence-corrected chi connectivity index (χ1v) is 5.74. The molecule has 0 radical (unpaired) electrons. The van der Waals surface area contributed by atoms with Gasteiger partial charge in [-0.3, -0.25) is 4.79 Å². The summed E-state index contributed by atoms with van der Waals surface area (Å²) in [6.07, 6.45) is 3.06. The molecule has 0 atom stereocenters. The number of nitrogens with one attached hydrogen (secondary N) is 1. The van der Waals surface area contributed by atoms with Crippen LogP contribution in [0.25, 0.3) is 0 Å². The zero-order valence-corrected chi connectivity index (χ0v) is 10.2. The lowest BCUT2D eigenvalue weighted by Gasteiger charge is -2.30. The fourth-order valence-corrected chi connectivity index (χ4v) is 1.85. The van der Waals surface area contributed by atoms with E-state index in [4.69, 9.17) is 10.9 Å². The van der Waals surface area contributed by atoms with Gasteiger partial charge in [-0.25, -0.2) is 0 Å². The van der Waals surface area contributed by atoms with Crippen LogP contribution in [0.4, 0.5) is 0 Å². The largest absolute Gasteiger partial charge is 0.409 e. The average molecular weight is 227 g/mol. The summed E-state index contributed by atoms with van der Waals surface area (Å²) in [5.41, 5.74) is 4.70. The lowest BCUT2D eigenvalue weighted by atomic mass is 9.80. The lowest BCUT2D eigenvalue weighted by Crippen LogP contribution is -2.52. The Hall–Kier alpha value is -1.26. The number of hydrogen-bond acceptors (Lipinski definition) is 3. The number of nitrogens with two attached hydrogens (primary N) is 1. The van der Waals surface area contributed by atoms with Gasteiger partial charge in [0.25, 0.3) is 0 Å². The van der Waals surface area contributed by atoms with E-state index in [0.717, 1.165) is 12.8 Å². The summed E-state index contributed by atoms with van der Waals surface area (Å²) in [4.78, 5) is 12.2. The normalized spacial score (nSPS) is 19.3. The van der Waals surface area contributed by atoms with E-state index in [1.165, 1.54) is 0 Å². The molecule has 1 rings (SSSR count). The Balaban J connectivity index is 2.87. The van der Waals surface area contributed by atoms with E-state index in [0.29, 0.717) is 12.8 Å². The summed E-state index contributed by atoms with van der Waals surface area (Å²) in [5, 5.41) is 14.8. The monoisotopic (exact) mass is 227 g/mol. The van der Waals surface area contributed by atoms with Crippen molar-refractivity contribution >= 4 is 11.7 Å². The van der Waals surface area contributed by atoms with E-state index >= 15 is 0 Å². The third kappa shape index (κ3) is 2.13. The molecule has 0 saturated heterocycles. The van der Waals surface area contributed by atoms with Crippen molar-refractivity contribution in [1.29, 1.82) is 0 Å². The molecule has 5 heteroatoms. The van der Waals surface area contributed by atoms with Crippen LogP contribution in [0.2, 0.25) is 0 Å². The molecule has 5 nitrogen and oxygen atoms in total. The Morgan fingerprint density at radius 2 is 2.00 bits per heavy atom. The molecule has 0 aromatic rings. The summed E-state index contributed by atoms with van der Waals surface area (Å²) in [6, 6.07) is 0. The number of amides is 1. The number of oxime groups is 1. The quantitative estimate of drug-likeness (QED) is 0.285. The summed E-state index contributed by atoms with van der Waals surface area (Å²) >= 11 is 0. The Morgan fingerprint density at radius 1 is 1.50 bits per heavy atom. The highest BCUT2D eigenvalue weighted by Gasteiger charge is 2.46. The molecule has 0 spiro atoms. The van der Waals surface area contributed by atoms with Crippen molar-refractivity contribution in [3.05, 3.63) is 0 Å². The third-order valence-electron chi connectivity index (χ3n) is 3.66. The molecule has 16 heavy (non-hydrogen) atoms. The zero-order chi connectivity index (χ0) is 12.4. The first-order valence-electron chi connectivity index (χ1n) is 5.74. The molecule has 92 valence electrons. The summed E-state index contributed by atoms with van der Waals surface area (Å²) in [6.45, 7) is 5.75. The van der Waals surface area contributed by atoms with Gasteiger partial charge in [-0.1, -0.05) is 19.0 Å². The molecule has 0 aromatic carbocycles. The van der Waals surface area contributed by atoms with E-state index < -0.39 is 5.41 Å². The van der Waals surface area contributed by atoms with Crippen molar-refractivity contribution in [1.82, 2.24) is 5.32 Å². The number of nitrogens with zero attached hydrogens (tertiary/aromatic N) is 1. The topological polar surface area (TPSA) is 87.7 Å². The molecular weight excluding hydrogens is 206 g/mol. The molecular formula is C11H21N3O2. The van der Waals surface area contributed by atoms with Crippen LogP contribution in [0.15, 0.2) is 5.16 Å².